The fourth-order valence-electron chi connectivity index (χ4n) is 1.24. The number of benzene rings is 1. The first kappa shape index (κ1) is 10.2. The predicted octanol–water partition coefficient (Wildman–Crippen LogP) is 2.41. The van der Waals surface area contributed by atoms with Gasteiger partial charge in [-0.05, 0) is 25.0 Å². The van der Waals surface area contributed by atoms with Crippen LogP contribution in [0.5, 0.6) is 0 Å². The Labute approximate surface area is 91.5 Å². The van der Waals surface area contributed by atoms with Crippen molar-refractivity contribution >= 4 is 22.8 Å². The van der Waals surface area contributed by atoms with Crippen LogP contribution in [0.3, 0.4) is 0 Å². The van der Waals surface area contributed by atoms with Gasteiger partial charge in [0.2, 0.25) is 0 Å². The molecular weight excluding hydrogens is 212 g/mol. The first-order valence-electron chi connectivity index (χ1n) is 4.72. The van der Waals surface area contributed by atoms with Crippen molar-refractivity contribution in [2.24, 2.45) is 5.92 Å². The molecule has 0 aromatic heterocycles. The second-order valence-electron chi connectivity index (χ2n) is 3.50. The van der Waals surface area contributed by atoms with E-state index in [9.17, 15) is 9.59 Å². The Morgan fingerprint density at radius 3 is 2.53 bits per heavy atom. The quantitative estimate of drug-likeness (QED) is 0.798. The molecule has 1 saturated carbocycles. The van der Waals surface area contributed by atoms with Crippen LogP contribution >= 0.6 is 11.8 Å². The molecule has 78 valence electrons. The Balaban J connectivity index is 2.19. The molecule has 0 amide bonds. The Morgan fingerprint density at radius 1 is 1.27 bits per heavy atom. The lowest BCUT2D eigenvalue weighted by atomic mass is 10.2. The molecule has 0 aliphatic heterocycles. The third-order valence-corrected chi connectivity index (χ3v) is 3.35. The van der Waals surface area contributed by atoms with Gasteiger partial charge in [0.25, 0.3) is 0 Å². The maximum absolute atomic E-state index is 11.5. The zero-order chi connectivity index (χ0) is 10.8. The van der Waals surface area contributed by atoms with E-state index in [2.05, 4.69) is 0 Å². The fraction of sp³-hybridized carbons (Fsp3) is 0.273. The molecular formula is C11H10O3S. The van der Waals surface area contributed by atoms with E-state index >= 15 is 0 Å². The topological polar surface area (TPSA) is 54.4 Å². The molecule has 15 heavy (non-hydrogen) atoms. The van der Waals surface area contributed by atoms with Gasteiger partial charge in [-0.1, -0.05) is 23.9 Å². The fourth-order valence-corrected chi connectivity index (χ4v) is 2.27. The third-order valence-electron chi connectivity index (χ3n) is 2.24. The van der Waals surface area contributed by atoms with Crippen LogP contribution < -0.4 is 0 Å². The molecule has 0 heterocycles. The van der Waals surface area contributed by atoms with Gasteiger partial charge in [0.05, 0.1) is 5.56 Å². The molecule has 2 rings (SSSR count). The highest BCUT2D eigenvalue weighted by molar-refractivity contribution is 8.13. The van der Waals surface area contributed by atoms with Gasteiger partial charge in [0.1, 0.15) is 0 Å². The number of aromatic carboxylic acids is 1. The van der Waals surface area contributed by atoms with Gasteiger partial charge < -0.3 is 5.11 Å². The van der Waals surface area contributed by atoms with Gasteiger partial charge in [-0.25, -0.2) is 4.79 Å². The molecule has 0 radical (unpaired) electrons. The summed E-state index contributed by atoms with van der Waals surface area (Å²) in [7, 11) is 0. The standard InChI is InChI=1S/C11H10O3S/c12-10(13)8-3-1-2-4-9(8)15-11(14)7-5-6-7/h1-4,7H,5-6H2,(H,12,13). The molecule has 1 N–H and O–H groups in total. The first-order chi connectivity index (χ1) is 7.18. The van der Waals surface area contributed by atoms with Crippen molar-refractivity contribution < 1.29 is 14.7 Å². The van der Waals surface area contributed by atoms with E-state index in [1.807, 2.05) is 0 Å². The SMILES string of the molecule is O=C(O)c1ccccc1SC(=O)C1CC1. The van der Waals surface area contributed by atoms with E-state index in [0.717, 1.165) is 24.6 Å². The predicted molar refractivity (Wildman–Crippen MR) is 57.0 cm³/mol. The summed E-state index contributed by atoms with van der Waals surface area (Å²) < 4.78 is 0. The number of hydrogen-bond acceptors (Lipinski definition) is 3. The van der Waals surface area contributed by atoms with Crippen molar-refractivity contribution in [3.05, 3.63) is 29.8 Å². The number of carbonyl (C=O) groups excluding carboxylic acids is 1. The van der Waals surface area contributed by atoms with Crippen LogP contribution in [0, 0.1) is 5.92 Å². The van der Waals surface area contributed by atoms with Crippen LogP contribution in [0.15, 0.2) is 29.2 Å². The third kappa shape index (κ3) is 2.39. The van der Waals surface area contributed by atoms with E-state index in [1.54, 1.807) is 18.2 Å². The van der Waals surface area contributed by atoms with E-state index in [4.69, 9.17) is 5.11 Å². The summed E-state index contributed by atoms with van der Waals surface area (Å²) in [5, 5.41) is 8.99. The highest BCUT2D eigenvalue weighted by atomic mass is 32.2. The number of carboxylic acid groups (broad SMARTS) is 1. The number of rotatable bonds is 3. The summed E-state index contributed by atoms with van der Waals surface area (Å²) in [5.74, 6) is -0.835. The molecule has 0 atom stereocenters. The van der Waals surface area contributed by atoms with E-state index < -0.39 is 5.97 Å². The Morgan fingerprint density at radius 2 is 1.93 bits per heavy atom. The van der Waals surface area contributed by atoms with Crippen molar-refractivity contribution in [1.29, 1.82) is 0 Å². The van der Waals surface area contributed by atoms with Crippen molar-refractivity contribution in [2.75, 3.05) is 0 Å². The maximum Gasteiger partial charge on any atom is 0.336 e. The minimum Gasteiger partial charge on any atom is -0.478 e. The molecule has 0 saturated heterocycles. The lowest BCUT2D eigenvalue weighted by Crippen LogP contribution is -2.01. The number of carboxylic acids is 1. The van der Waals surface area contributed by atoms with E-state index in [0.29, 0.717) is 4.90 Å². The molecule has 1 aromatic rings. The largest absolute Gasteiger partial charge is 0.478 e. The minimum atomic E-state index is -0.985. The molecule has 1 aliphatic rings. The molecule has 1 aromatic carbocycles. The van der Waals surface area contributed by atoms with Crippen LogP contribution in [-0.2, 0) is 4.79 Å². The van der Waals surface area contributed by atoms with Gasteiger partial charge >= 0.3 is 5.97 Å². The van der Waals surface area contributed by atoms with Gasteiger partial charge in [-0.3, -0.25) is 4.79 Å². The number of hydrogen-bond donors (Lipinski definition) is 1. The molecule has 1 fully saturated rings. The van der Waals surface area contributed by atoms with Gasteiger partial charge in [-0.15, -0.1) is 0 Å². The maximum atomic E-state index is 11.5. The monoisotopic (exact) mass is 222 g/mol. The number of thioether (sulfide) groups is 1. The van der Waals surface area contributed by atoms with Gasteiger partial charge in [0, 0.05) is 10.8 Å². The summed E-state index contributed by atoms with van der Waals surface area (Å²) in [5.41, 5.74) is 0.205. The van der Waals surface area contributed by atoms with Crippen LogP contribution in [0.2, 0.25) is 0 Å². The van der Waals surface area contributed by atoms with Crippen molar-refractivity contribution in [1.82, 2.24) is 0 Å². The number of carbonyl (C=O) groups is 2. The molecule has 3 nitrogen and oxygen atoms in total. The summed E-state index contributed by atoms with van der Waals surface area (Å²) in [6.45, 7) is 0. The second-order valence-corrected chi connectivity index (χ2v) is 4.54. The lowest BCUT2D eigenvalue weighted by molar-refractivity contribution is -0.112. The van der Waals surface area contributed by atoms with Crippen LogP contribution in [0.25, 0.3) is 0 Å². The molecule has 0 bridgehead atoms. The Bertz CT molecular complexity index is 410. The second kappa shape index (κ2) is 4.06. The smallest absolute Gasteiger partial charge is 0.336 e. The lowest BCUT2D eigenvalue weighted by Gasteiger charge is -2.03. The Kier molecular flexibility index (Phi) is 2.77. The summed E-state index contributed by atoms with van der Waals surface area (Å²) in [4.78, 5) is 22.9. The van der Waals surface area contributed by atoms with Crippen LogP contribution in [-0.4, -0.2) is 16.2 Å². The summed E-state index contributed by atoms with van der Waals surface area (Å²) >= 11 is 1.05. The normalized spacial score (nSPS) is 14.9. The summed E-state index contributed by atoms with van der Waals surface area (Å²) in [6, 6.07) is 6.60. The average molecular weight is 222 g/mol. The van der Waals surface area contributed by atoms with Crippen LogP contribution in [0.4, 0.5) is 0 Å². The van der Waals surface area contributed by atoms with Gasteiger partial charge in [0.15, 0.2) is 5.12 Å². The van der Waals surface area contributed by atoms with E-state index in [1.165, 1.54) is 6.07 Å². The zero-order valence-corrected chi connectivity index (χ0v) is 8.79. The molecule has 0 spiro atoms. The molecule has 1 aliphatic carbocycles. The molecule has 4 heteroatoms. The minimum absolute atomic E-state index is 0.0868. The van der Waals surface area contributed by atoms with E-state index in [-0.39, 0.29) is 16.6 Å². The highest BCUT2D eigenvalue weighted by Crippen LogP contribution is 2.37. The Hall–Kier alpha value is -1.29. The van der Waals surface area contributed by atoms with Crippen molar-refractivity contribution in [3.63, 3.8) is 0 Å². The van der Waals surface area contributed by atoms with Gasteiger partial charge in [-0.2, -0.15) is 0 Å². The molecule has 0 unspecified atom stereocenters. The highest BCUT2D eigenvalue weighted by Gasteiger charge is 2.30. The first-order valence-corrected chi connectivity index (χ1v) is 5.54. The van der Waals surface area contributed by atoms with Crippen molar-refractivity contribution in [3.8, 4) is 0 Å². The summed E-state index contributed by atoms with van der Waals surface area (Å²) in [6.07, 6.45) is 1.89. The van der Waals surface area contributed by atoms with Crippen molar-refractivity contribution in [2.45, 2.75) is 17.7 Å². The van der Waals surface area contributed by atoms with Crippen LogP contribution in [0.1, 0.15) is 23.2 Å². The zero-order valence-electron chi connectivity index (χ0n) is 7.97. The average Bonchev–Trinajstić information content (AvgIpc) is 3.01.